The summed E-state index contributed by atoms with van der Waals surface area (Å²) in [6, 6.07) is 16.3. The molecule has 1 aliphatic heterocycles. The minimum Gasteiger partial charge on any atom is -0.493 e. The van der Waals surface area contributed by atoms with Crippen LogP contribution in [-0.2, 0) is 17.9 Å². The van der Waals surface area contributed by atoms with Crippen molar-refractivity contribution in [1.29, 1.82) is 0 Å². The summed E-state index contributed by atoms with van der Waals surface area (Å²) in [5, 5.41) is 0. The van der Waals surface area contributed by atoms with Gasteiger partial charge in [-0.2, -0.15) is 0 Å². The van der Waals surface area contributed by atoms with E-state index in [2.05, 4.69) is 18.2 Å². The second-order valence-corrected chi connectivity index (χ2v) is 7.59. The van der Waals surface area contributed by atoms with E-state index in [1.54, 1.807) is 14.2 Å². The van der Waals surface area contributed by atoms with Crippen molar-refractivity contribution < 1.29 is 19.2 Å². The van der Waals surface area contributed by atoms with Gasteiger partial charge in [0, 0.05) is 19.2 Å². The van der Waals surface area contributed by atoms with Crippen LogP contribution in [0.1, 0.15) is 24.0 Å². The summed E-state index contributed by atoms with van der Waals surface area (Å²) in [6.07, 6.45) is 2.06. The Morgan fingerprint density at radius 2 is 1.82 bits per heavy atom. The molecule has 5 nitrogen and oxygen atoms in total. The lowest BCUT2D eigenvalue weighted by Crippen LogP contribution is -3.12. The molecule has 1 saturated heterocycles. The molecule has 2 atom stereocenters. The highest BCUT2D eigenvalue weighted by atomic mass is 16.5. The second-order valence-electron chi connectivity index (χ2n) is 7.59. The van der Waals surface area contributed by atoms with Gasteiger partial charge in [0.2, 0.25) is 5.91 Å². The van der Waals surface area contributed by atoms with Gasteiger partial charge in [-0.25, -0.2) is 0 Å². The van der Waals surface area contributed by atoms with Crippen molar-refractivity contribution in [3.63, 3.8) is 0 Å². The first-order valence-corrected chi connectivity index (χ1v) is 9.94. The zero-order valence-electron chi connectivity index (χ0n) is 17.1. The van der Waals surface area contributed by atoms with Crippen LogP contribution in [0.15, 0.2) is 48.5 Å². The fourth-order valence-electron chi connectivity index (χ4n) is 4.05. The van der Waals surface area contributed by atoms with Crippen LogP contribution in [0.3, 0.4) is 0 Å². The number of hydrogen-bond donors (Lipinski definition) is 1. The molecule has 0 radical (unpaired) electrons. The number of likely N-dealkylation sites (tertiary alicyclic amines) is 1. The number of ether oxygens (including phenoxy) is 2. The molecule has 1 N–H and O–H groups in total. The van der Waals surface area contributed by atoms with Crippen molar-refractivity contribution in [2.75, 3.05) is 34.4 Å². The molecular formula is C23H31N2O3+. The number of carbonyl (C=O) groups is 1. The lowest BCUT2D eigenvalue weighted by atomic mass is 9.96. The lowest BCUT2D eigenvalue weighted by Gasteiger charge is -2.31. The molecule has 1 amide bonds. The predicted octanol–water partition coefficient (Wildman–Crippen LogP) is 2.16. The van der Waals surface area contributed by atoms with Crippen LogP contribution in [0.5, 0.6) is 11.5 Å². The van der Waals surface area contributed by atoms with E-state index in [0.29, 0.717) is 6.54 Å². The van der Waals surface area contributed by atoms with Crippen molar-refractivity contribution in [3.05, 3.63) is 59.7 Å². The van der Waals surface area contributed by atoms with Crippen LogP contribution in [-0.4, -0.2) is 45.2 Å². The molecule has 3 rings (SSSR count). The molecule has 0 saturated carbocycles. The summed E-state index contributed by atoms with van der Waals surface area (Å²) in [6.45, 7) is 3.54. The van der Waals surface area contributed by atoms with Crippen LogP contribution in [0.25, 0.3) is 0 Å². The number of nitrogens with one attached hydrogen (secondary N) is 1. The number of benzene rings is 2. The molecule has 28 heavy (non-hydrogen) atoms. The number of methoxy groups -OCH3 is 2. The van der Waals surface area contributed by atoms with Gasteiger partial charge in [-0.1, -0.05) is 30.3 Å². The minimum atomic E-state index is 0.0950. The number of nitrogens with zero attached hydrogens (tertiary/aromatic N) is 1. The van der Waals surface area contributed by atoms with Crippen molar-refractivity contribution in [3.8, 4) is 11.5 Å². The number of rotatable bonds is 7. The topological polar surface area (TPSA) is 43.2 Å². The van der Waals surface area contributed by atoms with Gasteiger partial charge in [-0.15, -0.1) is 0 Å². The van der Waals surface area contributed by atoms with Crippen LogP contribution in [0, 0.1) is 5.92 Å². The van der Waals surface area contributed by atoms with Gasteiger partial charge in [0.1, 0.15) is 6.54 Å². The molecule has 150 valence electrons. The van der Waals surface area contributed by atoms with Gasteiger partial charge in [0.25, 0.3) is 0 Å². The number of amides is 1. The van der Waals surface area contributed by atoms with E-state index in [1.165, 1.54) is 16.0 Å². The summed E-state index contributed by atoms with van der Waals surface area (Å²) in [5.74, 6) is 1.85. The Bertz CT molecular complexity index is 779. The standard InChI is InChI=1S/C23H30N2O3/c1-24(15-18-8-5-4-6-9-18)23(26)20-10-7-13-25(17-20)16-19-11-12-21(27-2)22(14-19)28-3/h4-6,8-9,11-12,14,20H,7,10,13,15-17H2,1-3H3/p+1/t20-/m1/s1. The molecule has 1 unspecified atom stereocenters. The number of piperidine rings is 1. The van der Waals surface area contributed by atoms with Gasteiger partial charge >= 0.3 is 0 Å². The van der Waals surface area contributed by atoms with E-state index in [4.69, 9.17) is 9.47 Å². The maximum atomic E-state index is 13.0. The van der Waals surface area contributed by atoms with Crippen molar-refractivity contribution in [2.24, 2.45) is 5.92 Å². The molecule has 2 aromatic rings. The van der Waals surface area contributed by atoms with Crippen LogP contribution in [0.2, 0.25) is 0 Å². The third kappa shape index (κ3) is 5.04. The summed E-state index contributed by atoms with van der Waals surface area (Å²) in [4.78, 5) is 16.3. The average Bonchev–Trinajstić information content (AvgIpc) is 2.74. The summed E-state index contributed by atoms with van der Waals surface area (Å²) < 4.78 is 10.7. The molecule has 0 aliphatic carbocycles. The quantitative estimate of drug-likeness (QED) is 0.797. The Kier molecular flexibility index (Phi) is 6.93. The Morgan fingerprint density at radius 3 is 2.54 bits per heavy atom. The van der Waals surface area contributed by atoms with Crippen molar-refractivity contribution in [2.45, 2.75) is 25.9 Å². The average molecular weight is 384 g/mol. The Hall–Kier alpha value is -2.53. The molecular weight excluding hydrogens is 352 g/mol. The zero-order chi connectivity index (χ0) is 19.9. The molecule has 1 fully saturated rings. The second kappa shape index (κ2) is 9.60. The van der Waals surface area contributed by atoms with E-state index in [0.717, 1.165) is 44.0 Å². The van der Waals surface area contributed by atoms with E-state index in [1.807, 2.05) is 42.3 Å². The van der Waals surface area contributed by atoms with Gasteiger partial charge in [-0.05, 0) is 36.6 Å². The van der Waals surface area contributed by atoms with E-state index in [9.17, 15) is 4.79 Å². The molecule has 0 bridgehead atoms. The molecule has 2 aromatic carbocycles. The molecule has 1 aliphatic rings. The van der Waals surface area contributed by atoms with Gasteiger partial charge < -0.3 is 19.3 Å². The van der Waals surface area contributed by atoms with Gasteiger partial charge in [0.15, 0.2) is 11.5 Å². The highest BCUT2D eigenvalue weighted by molar-refractivity contribution is 5.78. The summed E-state index contributed by atoms with van der Waals surface area (Å²) in [7, 11) is 5.22. The van der Waals surface area contributed by atoms with Gasteiger partial charge in [0.05, 0.1) is 33.2 Å². The highest BCUT2D eigenvalue weighted by Crippen LogP contribution is 2.27. The SMILES string of the molecule is COc1ccc(C[NH+]2CCC[C@@H](C(=O)N(C)Cc3ccccc3)C2)cc1OC. The number of hydrogen-bond acceptors (Lipinski definition) is 3. The maximum Gasteiger partial charge on any atom is 0.231 e. The van der Waals surface area contributed by atoms with Crippen LogP contribution >= 0.6 is 0 Å². The monoisotopic (exact) mass is 383 g/mol. The summed E-state index contributed by atoms with van der Waals surface area (Å²) in [5.41, 5.74) is 2.38. The Labute approximate surface area is 167 Å². The molecule has 0 spiro atoms. The first kappa shape index (κ1) is 20.2. The predicted molar refractivity (Wildman–Crippen MR) is 110 cm³/mol. The fraction of sp³-hybridized carbons (Fsp3) is 0.435. The normalized spacial score (nSPS) is 19.1. The molecule has 0 aromatic heterocycles. The third-order valence-corrected chi connectivity index (χ3v) is 5.51. The van der Waals surface area contributed by atoms with Crippen molar-refractivity contribution in [1.82, 2.24) is 4.90 Å². The lowest BCUT2D eigenvalue weighted by molar-refractivity contribution is -0.921. The number of quaternary nitrogens is 1. The minimum absolute atomic E-state index is 0.0950. The Balaban J connectivity index is 1.59. The van der Waals surface area contributed by atoms with E-state index in [-0.39, 0.29) is 11.8 Å². The van der Waals surface area contributed by atoms with E-state index >= 15 is 0 Å². The molecule has 1 heterocycles. The first-order valence-electron chi connectivity index (χ1n) is 9.94. The largest absolute Gasteiger partial charge is 0.493 e. The third-order valence-electron chi connectivity index (χ3n) is 5.51. The van der Waals surface area contributed by atoms with Crippen LogP contribution in [0.4, 0.5) is 0 Å². The van der Waals surface area contributed by atoms with Crippen LogP contribution < -0.4 is 14.4 Å². The van der Waals surface area contributed by atoms with E-state index < -0.39 is 0 Å². The zero-order valence-corrected chi connectivity index (χ0v) is 17.1. The number of carbonyl (C=O) groups excluding carboxylic acids is 1. The first-order chi connectivity index (χ1) is 13.6. The van der Waals surface area contributed by atoms with Crippen molar-refractivity contribution >= 4 is 5.91 Å². The Morgan fingerprint density at radius 1 is 1.07 bits per heavy atom. The molecule has 5 heteroatoms. The smallest absolute Gasteiger partial charge is 0.231 e. The summed E-state index contributed by atoms with van der Waals surface area (Å²) >= 11 is 0. The highest BCUT2D eigenvalue weighted by Gasteiger charge is 2.30. The van der Waals surface area contributed by atoms with Gasteiger partial charge in [-0.3, -0.25) is 4.79 Å². The fourth-order valence-corrected chi connectivity index (χ4v) is 4.05. The maximum absolute atomic E-state index is 13.0.